The van der Waals surface area contributed by atoms with Crippen molar-refractivity contribution >= 4 is 153 Å². The monoisotopic (exact) mass is 1350 g/mol. The first-order valence-electron chi connectivity index (χ1n) is 22.4. The Hall–Kier alpha value is -8.22. The summed E-state index contributed by atoms with van der Waals surface area (Å²) in [5.74, 6) is -6.22. The summed E-state index contributed by atoms with van der Waals surface area (Å²) in [6, 6.07) is 8.13. The molecule has 0 radical (unpaired) electrons. The predicted octanol–water partition coefficient (Wildman–Crippen LogP) is 6.60. The molecular formula is C42H33N9O27S8. The zero-order valence-corrected chi connectivity index (χ0v) is 48.7. The van der Waals surface area contributed by atoms with Crippen molar-refractivity contribution in [1.82, 2.24) is 14.8 Å². The van der Waals surface area contributed by atoms with Crippen LogP contribution >= 0.6 is 11.3 Å². The number of fused-ring (bicyclic) bond motifs is 3. The molecule has 2 heterocycles. The Labute approximate surface area is 485 Å². The van der Waals surface area contributed by atoms with Gasteiger partial charge in [-0.05, 0) is 79.6 Å². The number of azo groups is 3. The fourth-order valence-corrected chi connectivity index (χ4v) is 14.0. The van der Waals surface area contributed by atoms with E-state index in [0.717, 1.165) is 19.2 Å². The Morgan fingerprint density at radius 1 is 0.581 bits per heavy atom. The molecule has 8 aromatic rings. The highest BCUT2D eigenvalue weighted by atomic mass is 32.2. The topological polar surface area (TPSA) is 582 Å². The number of rotatable bonds is 20. The molecule has 36 nitrogen and oxygen atoms in total. The first kappa shape index (κ1) is 63.8. The van der Waals surface area contributed by atoms with Gasteiger partial charge in [-0.3, -0.25) is 31.9 Å². The lowest BCUT2D eigenvalue weighted by Gasteiger charge is -2.13. The lowest BCUT2D eigenvalue weighted by molar-refractivity contribution is 0.0690. The summed E-state index contributed by atoms with van der Waals surface area (Å²) in [7, 11) is -36.2. The van der Waals surface area contributed by atoms with Gasteiger partial charge in [-0.25, -0.2) is 9.78 Å². The average molecular weight is 1350 g/mol. The maximum atomic E-state index is 13.1. The Kier molecular flexibility index (Phi) is 16.7. The number of phenols is 1. The summed E-state index contributed by atoms with van der Waals surface area (Å²) in [4.78, 5) is 9.03. The zero-order chi connectivity index (χ0) is 63.8. The van der Waals surface area contributed by atoms with Crippen LogP contribution in [0, 0.1) is 6.92 Å². The lowest BCUT2D eigenvalue weighted by Crippen LogP contribution is -2.09. The summed E-state index contributed by atoms with van der Waals surface area (Å²) in [6.07, 6.45) is -0.353. The van der Waals surface area contributed by atoms with E-state index in [1.807, 2.05) is 0 Å². The van der Waals surface area contributed by atoms with Crippen molar-refractivity contribution in [2.24, 2.45) is 30.7 Å². The molecule has 8 rings (SSSR count). The number of thiazole rings is 1. The lowest BCUT2D eigenvalue weighted by atomic mass is 10.1. The third kappa shape index (κ3) is 13.3. The van der Waals surface area contributed by atoms with Gasteiger partial charge in [0, 0.05) is 27.6 Å². The molecule has 0 fully saturated rings. The minimum absolute atomic E-state index is 0.0427. The molecule has 0 aliphatic rings. The van der Waals surface area contributed by atoms with Crippen LogP contribution < -0.4 is 9.47 Å². The summed E-state index contributed by atoms with van der Waals surface area (Å²) in [6.45, 7) is 0.932. The fraction of sp³-hybridized carbons (Fsp3) is 0.119. The molecular weight excluding hydrogens is 1320 g/mol. The third-order valence-corrected chi connectivity index (χ3v) is 18.8. The van der Waals surface area contributed by atoms with Gasteiger partial charge in [0.15, 0.2) is 16.3 Å². The number of hydrogen-bond acceptors (Lipinski definition) is 28. The molecule has 0 unspecified atom stereocenters. The van der Waals surface area contributed by atoms with Crippen LogP contribution in [0.2, 0.25) is 0 Å². The van der Waals surface area contributed by atoms with E-state index in [2.05, 4.69) is 40.8 Å². The van der Waals surface area contributed by atoms with Crippen LogP contribution in [-0.4, -0.2) is 146 Å². The maximum Gasteiger partial charge on any atom is 0.358 e. The van der Waals surface area contributed by atoms with Crippen LogP contribution in [0.25, 0.3) is 37.4 Å². The number of aromatic hydroxyl groups is 2. The molecule has 10 N–H and O–H groups in total. The van der Waals surface area contributed by atoms with E-state index in [4.69, 9.17) is 9.47 Å². The number of phenolic OH excluding ortho intramolecular Hbond substituents is 1. The molecule has 0 aliphatic carbocycles. The number of aryl methyl sites for hydroxylation is 1. The van der Waals surface area contributed by atoms with E-state index in [1.54, 1.807) is 0 Å². The first-order valence-corrected chi connectivity index (χ1v) is 33.5. The van der Waals surface area contributed by atoms with Gasteiger partial charge in [-0.1, -0.05) is 11.3 Å². The number of carbonyl (C=O) groups is 1. The molecule has 44 heteroatoms. The first-order chi connectivity index (χ1) is 39.6. The number of methoxy groups -OCH3 is 1. The van der Waals surface area contributed by atoms with E-state index in [1.165, 1.54) is 25.1 Å². The average Bonchev–Trinajstić information content (AvgIpc) is 1.84. The number of aromatic nitrogens is 3. The largest absolute Gasteiger partial charge is 0.505 e. The molecule has 0 saturated heterocycles. The van der Waals surface area contributed by atoms with Crippen LogP contribution in [-0.2, 0) is 70.8 Å². The van der Waals surface area contributed by atoms with E-state index < -0.39 is 180 Å². The van der Waals surface area contributed by atoms with Crippen LogP contribution in [0.3, 0.4) is 0 Å². The van der Waals surface area contributed by atoms with E-state index in [9.17, 15) is 111 Å². The van der Waals surface area contributed by atoms with Crippen molar-refractivity contribution in [3.05, 3.63) is 78.0 Å². The quantitative estimate of drug-likeness (QED) is 0.0218. The molecule has 0 spiro atoms. The predicted molar refractivity (Wildman–Crippen MR) is 291 cm³/mol. The second-order valence-electron chi connectivity index (χ2n) is 17.3. The van der Waals surface area contributed by atoms with Crippen molar-refractivity contribution in [1.29, 1.82) is 0 Å². The van der Waals surface area contributed by atoms with Gasteiger partial charge in [-0.2, -0.15) is 68.7 Å². The minimum Gasteiger partial charge on any atom is -0.505 e. The van der Waals surface area contributed by atoms with Gasteiger partial charge in [0.1, 0.15) is 48.1 Å². The number of nitrogens with zero attached hydrogens (tertiary/aromatic N) is 9. The molecule has 86 heavy (non-hydrogen) atoms. The van der Waals surface area contributed by atoms with E-state index in [0.29, 0.717) is 41.7 Å². The SMILES string of the molecule is COc1ccc2nc(N=Nc3cc(OCCCS(=O)(=O)O)c(N=Nc4c(S(=O)(=O)O)cc5c(S(=O)(=O)O)c(N=Nc6c(C(=O)O)nn(-c7cc(S(=O)(=O)O)c8cc(S(=O)(=O)O)cc(S(=O)(=O)O)c8c7)c6O)ccc5c4O)cc3C)sc2c1S(=O)(=O)O. The number of carboxylic acids is 1. The van der Waals surface area contributed by atoms with Gasteiger partial charge in [-0.15, -0.1) is 30.7 Å². The highest BCUT2D eigenvalue weighted by Crippen LogP contribution is 2.48. The van der Waals surface area contributed by atoms with Crippen molar-refractivity contribution in [2.75, 3.05) is 19.5 Å². The summed E-state index contributed by atoms with van der Waals surface area (Å²) >= 11 is 0.678. The number of carboxylic acid groups (broad SMARTS) is 1. The van der Waals surface area contributed by atoms with Crippen molar-refractivity contribution < 1.29 is 120 Å². The standard InChI is InChI=1S/C42H33N9O27S8/c1-17-10-27(29(78-8-3-9-80(56,57)58)16-26(17)45-49-42-43-24-6-7-28(77-2)39(37(24)79-42)86(74,75)76)46-47-33-32(84(68,69)70)15-23-20(36(33)52)4-5-25(38(23)85(71,72)73)44-48-34-35(41(54)55)50-51(40(34)53)18-11-21-22(30(12-18)82(62,63)64)13-19(81(59,60)61)14-31(21)83(65,66)67/h4-7,10-16,52-53H,3,8-9H2,1-2H3,(H,54,55)(H,56,57,58)(H,59,60,61)(H,62,63,64)(H,65,66,67)(H,68,69,70)(H,71,72,73)(H,74,75,76). The molecule has 2 aromatic heterocycles. The maximum absolute atomic E-state index is 13.1. The van der Waals surface area contributed by atoms with Gasteiger partial charge in [0.05, 0.1) is 46.0 Å². The smallest absolute Gasteiger partial charge is 0.358 e. The third-order valence-electron chi connectivity index (χ3n) is 11.6. The van der Waals surface area contributed by atoms with E-state index in [-0.39, 0.29) is 61.0 Å². The van der Waals surface area contributed by atoms with Crippen molar-refractivity contribution in [3.63, 3.8) is 0 Å². The summed E-state index contributed by atoms with van der Waals surface area (Å²) in [5, 5.41) is 55.7. The highest BCUT2D eigenvalue weighted by Gasteiger charge is 2.32. The van der Waals surface area contributed by atoms with Crippen molar-refractivity contribution in [2.45, 2.75) is 42.7 Å². The Balaban J connectivity index is 1.24. The molecule has 0 amide bonds. The van der Waals surface area contributed by atoms with E-state index >= 15 is 0 Å². The minimum atomic E-state index is -5.76. The Morgan fingerprint density at radius 2 is 1.17 bits per heavy atom. The summed E-state index contributed by atoms with van der Waals surface area (Å²) in [5.41, 5.74) is -5.89. The zero-order valence-electron chi connectivity index (χ0n) is 42.2. The molecule has 0 bridgehead atoms. The molecule has 6 aromatic carbocycles. The second-order valence-corrected chi connectivity index (χ2v) is 28.1. The van der Waals surface area contributed by atoms with Crippen LogP contribution in [0.5, 0.6) is 23.1 Å². The Bertz CT molecular complexity index is 5200. The normalized spacial score (nSPS) is 13.3. The Morgan fingerprint density at radius 3 is 1.76 bits per heavy atom. The highest BCUT2D eigenvalue weighted by molar-refractivity contribution is 7.88. The van der Waals surface area contributed by atoms with Crippen LogP contribution in [0.15, 0.2) is 127 Å². The molecule has 0 saturated carbocycles. The van der Waals surface area contributed by atoms with Gasteiger partial charge in [0.25, 0.3) is 70.8 Å². The van der Waals surface area contributed by atoms with Crippen LogP contribution in [0.4, 0.5) is 33.6 Å². The van der Waals surface area contributed by atoms with Gasteiger partial charge < -0.3 is 24.8 Å². The number of aromatic carboxylic acids is 1. The number of ether oxygens (including phenoxy) is 2. The van der Waals surface area contributed by atoms with Crippen molar-refractivity contribution in [3.8, 4) is 28.8 Å². The number of hydrogen-bond donors (Lipinski definition) is 10. The van der Waals surface area contributed by atoms with Crippen LogP contribution in [0.1, 0.15) is 22.5 Å². The number of benzene rings is 6. The van der Waals surface area contributed by atoms with Gasteiger partial charge >= 0.3 is 5.97 Å². The summed E-state index contributed by atoms with van der Waals surface area (Å²) < 4.78 is 254. The molecule has 456 valence electrons. The fourth-order valence-electron chi connectivity index (χ4n) is 7.97. The van der Waals surface area contributed by atoms with Gasteiger partial charge in [0.2, 0.25) is 16.7 Å². The molecule has 0 atom stereocenters. The molecule has 0 aliphatic heterocycles. The second kappa shape index (κ2) is 22.6.